The molecule has 3 heteroatoms. The van der Waals surface area contributed by atoms with Crippen LogP contribution in [0.4, 0.5) is 0 Å². The first kappa shape index (κ1) is 12.6. The van der Waals surface area contributed by atoms with Gasteiger partial charge in [-0.3, -0.25) is 4.79 Å². The zero-order valence-corrected chi connectivity index (χ0v) is 9.87. The lowest BCUT2D eigenvalue weighted by molar-refractivity contribution is -0.124. The normalized spacial score (nSPS) is 12.5. The second-order valence-electron chi connectivity index (χ2n) is 3.64. The molecule has 0 aromatic carbocycles. The van der Waals surface area contributed by atoms with Crippen LogP contribution in [-0.2, 0) is 4.79 Å². The van der Waals surface area contributed by atoms with Crippen LogP contribution in [0.3, 0.4) is 0 Å². The molecular weight excluding hydrogens is 182 g/mol. The molecule has 0 bridgehead atoms. The molecule has 0 saturated heterocycles. The van der Waals surface area contributed by atoms with Crippen molar-refractivity contribution in [3.8, 4) is 0 Å². The molecule has 0 aliphatic heterocycles. The van der Waals surface area contributed by atoms with Crippen molar-refractivity contribution in [3.63, 3.8) is 0 Å². The Kier molecular flexibility index (Phi) is 5.88. The van der Waals surface area contributed by atoms with Crippen molar-refractivity contribution >= 4 is 17.7 Å². The molecule has 0 aromatic rings. The van der Waals surface area contributed by atoms with E-state index in [1.165, 1.54) is 5.57 Å². The van der Waals surface area contributed by atoms with Crippen molar-refractivity contribution in [2.24, 2.45) is 5.92 Å². The first-order valence-corrected chi connectivity index (χ1v) is 5.47. The van der Waals surface area contributed by atoms with E-state index >= 15 is 0 Å². The van der Waals surface area contributed by atoms with Gasteiger partial charge in [-0.2, -0.15) is 0 Å². The predicted molar refractivity (Wildman–Crippen MR) is 59.5 cm³/mol. The Morgan fingerprint density at radius 2 is 1.85 bits per heavy atom. The number of rotatable bonds is 4. The van der Waals surface area contributed by atoms with Gasteiger partial charge in [-0.1, -0.05) is 19.4 Å². The zero-order valence-electron chi connectivity index (χ0n) is 9.05. The number of amides is 1. The number of carbonyl (C=O) groups is 1. The number of nitrogens with one attached hydrogen (secondary N) is 1. The average Bonchev–Trinajstić information content (AvgIpc) is 2.00. The van der Waals surface area contributed by atoms with Crippen LogP contribution in [0, 0.1) is 5.92 Å². The topological polar surface area (TPSA) is 29.1 Å². The average molecular weight is 201 g/mol. The summed E-state index contributed by atoms with van der Waals surface area (Å²) in [6.07, 6.45) is 0. The number of carbonyl (C=O) groups excluding carboxylic acids is 1. The molecule has 1 atom stereocenters. The minimum absolute atomic E-state index is 0.0646. The largest absolute Gasteiger partial charge is 0.344 e. The van der Waals surface area contributed by atoms with Gasteiger partial charge in [0.05, 0.1) is 5.37 Å². The van der Waals surface area contributed by atoms with Crippen molar-refractivity contribution in [2.75, 3.05) is 0 Å². The van der Waals surface area contributed by atoms with E-state index in [0.29, 0.717) is 0 Å². The maximum Gasteiger partial charge on any atom is 0.223 e. The highest BCUT2D eigenvalue weighted by atomic mass is 32.2. The molecule has 1 amide bonds. The summed E-state index contributed by atoms with van der Waals surface area (Å²) in [7, 11) is 0. The van der Waals surface area contributed by atoms with Crippen molar-refractivity contribution in [1.29, 1.82) is 0 Å². The second kappa shape index (κ2) is 6.08. The lowest BCUT2D eigenvalue weighted by Crippen LogP contribution is -2.33. The lowest BCUT2D eigenvalue weighted by atomic mass is 10.2. The summed E-state index contributed by atoms with van der Waals surface area (Å²) < 4.78 is 0. The fourth-order valence-electron chi connectivity index (χ4n) is 0.639. The molecule has 0 aliphatic rings. The standard InChI is InChI=1S/C10H19NOS/c1-7(2)6-13-9(5)11-10(12)8(3)4/h6,8-9H,1-5H3,(H,11,12). The van der Waals surface area contributed by atoms with Crippen LogP contribution in [0.25, 0.3) is 0 Å². The first-order chi connectivity index (χ1) is 5.93. The molecule has 0 fully saturated rings. The molecule has 1 unspecified atom stereocenters. The molecule has 76 valence electrons. The lowest BCUT2D eigenvalue weighted by Gasteiger charge is -2.13. The number of thioether (sulfide) groups is 1. The zero-order chi connectivity index (χ0) is 10.4. The summed E-state index contributed by atoms with van der Waals surface area (Å²) in [5.41, 5.74) is 1.26. The fourth-order valence-corrected chi connectivity index (χ4v) is 1.30. The summed E-state index contributed by atoms with van der Waals surface area (Å²) >= 11 is 1.64. The van der Waals surface area contributed by atoms with E-state index in [-0.39, 0.29) is 17.2 Å². The van der Waals surface area contributed by atoms with Crippen LogP contribution in [0.5, 0.6) is 0 Å². The van der Waals surface area contributed by atoms with E-state index < -0.39 is 0 Å². The van der Waals surface area contributed by atoms with Crippen LogP contribution in [-0.4, -0.2) is 11.3 Å². The maximum atomic E-state index is 11.3. The highest BCUT2D eigenvalue weighted by Crippen LogP contribution is 2.12. The van der Waals surface area contributed by atoms with Crippen LogP contribution in [0.1, 0.15) is 34.6 Å². The number of hydrogen-bond acceptors (Lipinski definition) is 2. The van der Waals surface area contributed by atoms with Gasteiger partial charge in [-0.05, 0) is 26.2 Å². The third-order valence-electron chi connectivity index (χ3n) is 1.38. The Bertz CT molecular complexity index is 195. The van der Waals surface area contributed by atoms with E-state index in [4.69, 9.17) is 0 Å². The van der Waals surface area contributed by atoms with Gasteiger partial charge in [-0.25, -0.2) is 0 Å². The Hall–Kier alpha value is -0.440. The molecule has 0 rings (SSSR count). The van der Waals surface area contributed by atoms with Gasteiger partial charge in [0.1, 0.15) is 0 Å². The van der Waals surface area contributed by atoms with Gasteiger partial charge < -0.3 is 5.32 Å². The van der Waals surface area contributed by atoms with Gasteiger partial charge in [-0.15, -0.1) is 11.8 Å². The Morgan fingerprint density at radius 1 is 1.31 bits per heavy atom. The Labute approximate surface area is 85.2 Å². The van der Waals surface area contributed by atoms with E-state index in [1.807, 2.05) is 34.6 Å². The maximum absolute atomic E-state index is 11.3. The van der Waals surface area contributed by atoms with E-state index in [0.717, 1.165) is 0 Å². The highest BCUT2D eigenvalue weighted by Gasteiger charge is 2.09. The second-order valence-corrected chi connectivity index (χ2v) is 4.85. The summed E-state index contributed by atoms with van der Waals surface area (Å²) in [5.74, 6) is 0.178. The molecule has 0 aromatic heterocycles. The highest BCUT2D eigenvalue weighted by molar-refractivity contribution is 8.02. The van der Waals surface area contributed by atoms with Gasteiger partial charge in [0, 0.05) is 5.92 Å². The molecule has 0 heterocycles. The van der Waals surface area contributed by atoms with Crippen LogP contribution in [0.2, 0.25) is 0 Å². The van der Waals surface area contributed by atoms with Gasteiger partial charge in [0.2, 0.25) is 5.91 Å². The predicted octanol–water partition coefficient (Wildman–Crippen LogP) is 2.76. The monoisotopic (exact) mass is 201 g/mol. The molecule has 0 radical (unpaired) electrons. The van der Waals surface area contributed by atoms with Crippen molar-refractivity contribution < 1.29 is 4.79 Å². The van der Waals surface area contributed by atoms with E-state index in [1.54, 1.807) is 11.8 Å². The molecule has 13 heavy (non-hydrogen) atoms. The molecule has 0 aliphatic carbocycles. The number of allylic oxidation sites excluding steroid dienone is 1. The Morgan fingerprint density at radius 3 is 2.23 bits per heavy atom. The summed E-state index contributed by atoms with van der Waals surface area (Å²) in [4.78, 5) is 11.3. The first-order valence-electron chi connectivity index (χ1n) is 4.52. The molecule has 1 N–H and O–H groups in total. The third-order valence-corrected chi connectivity index (χ3v) is 2.51. The molecule has 0 saturated carbocycles. The molecular formula is C10H19NOS. The van der Waals surface area contributed by atoms with Crippen molar-refractivity contribution in [1.82, 2.24) is 5.32 Å². The van der Waals surface area contributed by atoms with E-state index in [2.05, 4.69) is 10.7 Å². The minimum Gasteiger partial charge on any atom is -0.344 e. The summed E-state index contributed by atoms with van der Waals surface area (Å²) in [6.45, 7) is 9.87. The smallest absolute Gasteiger partial charge is 0.223 e. The quantitative estimate of drug-likeness (QED) is 0.709. The summed E-state index contributed by atoms with van der Waals surface area (Å²) in [5, 5.41) is 5.13. The summed E-state index contributed by atoms with van der Waals surface area (Å²) in [6, 6.07) is 0. The van der Waals surface area contributed by atoms with Gasteiger partial charge in [0.25, 0.3) is 0 Å². The SMILES string of the molecule is CC(C)=CSC(C)NC(=O)C(C)C. The van der Waals surface area contributed by atoms with Crippen LogP contribution >= 0.6 is 11.8 Å². The van der Waals surface area contributed by atoms with Crippen molar-refractivity contribution in [3.05, 3.63) is 11.0 Å². The third kappa shape index (κ3) is 6.70. The van der Waals surface area contributed by atoms with Crippen molar-refractivity contribution in [2.45, 2.75) is 40.0 Å². The van der Waals surface area contributed by atoms with E-state index in [9.17, 15) is 4.79 Å². The van der Waals surface area contributed by atoms with Gasteiger partial charge >= 0.3 is 0 Å². The fraction of sp³-hybridized carbons (Fsp3) is 0.700. The van der Waals surface area contributed by atoms with Crippen LogP contribution in [0.15, 0.2) is 11.0 Å². The molecule has 0 spiro atoms. The molecule has 2 nitrogen and oxygen atoms in total. The Balaban J connectivity index is 3.81. The van der Waals surface area contributed by atoms with Crippen LogP contribution < -0.4 is 5.32 Å². The van der Waals surface area contributed by atoms with Gasteiger partial charge in [0.15, 0.2) is 0 Å². The minimum atomic E-state index is 0.0646. The number of hydrogen-bond donors (Lipinski definition) is 1.